The third-order valence-electron chi connectivity index (χ3n) is 3.67. The first-order valence-corrected chi connectivity index (χ1v) is 6.56. The van der Waals surface area contributed by atoms with Gasteiger partial charge in [0.15, 0.2) is 0 Å². The fraction of sp³-hybridized carbons (Fsp3) is 0.500. The third-order valence-corrected chi connectivity index (χ3v) is 3.67. The summed E-state index contributed by atoms with van der Waals surface area (Å²) in [5, 5.41) is 2.92. The maximum absolute atomic E-state index is 12.6. The number of hydrogen-bond donors (Lipinski definition) is 1. The van der Waals surface area contributed by atoms with Crippen molar-refractivity contribution in [3.8, 4) is 0 Å². The molecular weight excluding hydrogens is 269 g/mol. The topological polar surface area (TPSA) is 32.3 Å². The number of para-hydroxylation sites is 1. The molecular formula is C14H17F3N2O. The van der Waals surface area contributed by atoms with Gasteiger partial charge in [0.05, 0.1) is 11.5 Å². The number of nitrogens with one attached hydrogen (secondary N) is 1. The lowest BCUT2D eigenvalue weighted by Crippen LogP contribution is -2.42. The Kier molecular flexibility index (Phi) is 4.20. The zero-order valence-electron chi connectivity index (χ0n) is 11.2. The number of nitrogens with zero attached hydrogens (tertiary/aromatic N) is 1. The second kappa shape index (κ2) is 5.73. The van der Waals surface area contributed by atoms with Gasteiger partial charge in [-0.2, -0.15) is 13.2 Å². The van der Waals surface area contributed by atoms with Crippen molar-refractivity contribution in [2.45, 2.75) is 19.0 Å². The number of amides is 1. The van der Waals surface area contributed by atoms with E-state index in [0.717, 1.165) is 0 Å². The van der Waals surface area contributed by atoms with Crippen LogP contribution in [-0.4, -0.2) is 37.1 Å². The van der Waals surface area contributed by atoms with Gasteiger partial charge in [0.2, 0.25) is 0 Å². The van der Waals surface area contributed by atoms with E-state index in [9.17, 15) is 18.0 Å². The van der Waals surface area contributed by atoms with Gasteiger partial charge in [0.1, 0.15) is 0 Å². The zero-order valence-corrected chi connectivity index (χ0v) is 11.2. The van der Waals surface area contributed by atoms with Gasteiger partial charge in [0.25, 0.3) is 5.91 Å². The van der Waals surface area contributed by atoms with Crippen molar-refractivity contribution in [3.05, 3.63) is 29.8 Å². The van der Waals surface area contributed by atoms with Crippen molar-refractivity contribution in [3.63, 3.8) is 0 Å². The molecule has 6 heteroatoms. The molecule has 0 unspecified atom stereocenters. The molecule has 1 N–H and O–H groups in total. The summed E-state index contributed by atoms with van der Waals surface area (Å²) in [7, 11) is 1.71. The summed E-state index contributed by atoms with van der Waals surface area (Å²) in [6.07, 6.45) is -4.19. The minimum atomic E-state index is -4.15. The third kappa shape index (κ3) is 3.05. The maximum atomic E-state index is 12.6. The summed E-state index contributed by atoms with van der Waals surface area (Å²) >= 11 is 0. The van der Waals surface area contributed by atoms with E-state index in [2.05, 4.69) is 5.32 Å². The molecule has 110 valence electrons. The van der Waals surface area contributed by atoms with Crippen LogP contribution in [0.5, 0.6) is 0 Å². The van der Waals surface area contributed by atoms with Gasteiger partial charge in [-0.15, -0.1) is 0 Å². The number of piperidine rings is 1. The quantitative estimate of drug-likeness (QED) is 0.906. The second-order valence-corrected chi connectivity index (χ2v) is 4.90. The number of benzene rings is 1. The average molecular weight is 286 g/mol. The Morgan fingerprint density at radius 3 is 2.40 bits per heavy atom. The van der Waals surface area contributed by atoms with Gasteiger partial charge >= 0.3 is 6.18 Å². The van der Waals surface area contributed by atoms with Crippen LogP contribution in [-0.2, 0) is 0 Å². The Bertz CT molecular complexity index is 480. The molecule has 0 atom stereocenters. The molecule has 0 aromatic heterocycles. The van der Waals surface area contributed by atoms with Crippen LogP contribution in [0.25, 0.3) is 0 Å². The monoisotopic (exact) mass is 286 g/mol. The summed E-state index contributed by atoms with van der Waals surface area (Å²) in [5.41, 5.74) is 1.19. The van der Waals surface area contributed by atoms with E-state index >= 15 is 0 Å². The normalized spacial score (nSPS) is 17.1. The van der Waals surface area contributed by atoms with Crippen molar-refractivity contribution in [1.29, 1.82) is 0 Å². The summed E-state index contributed by atoms with van der Waals surface area (Å²) < 4.78 is 37.8. The number of alkyl halides is 3. The lowest BCUT2D eigenvalue weighted by molar-refractivity contribution is -0.183. The van der Waals surface area contributed by atoms with Gasteiger partial charge in [-0.05, 0) is 25.0 Å². The maximum Gasteiger partial charge on any atom is 0.391 e. The van der Waals surface area contributed by atoms with Crippen molar-refractivity contribution >= 4 is 11.6 Å². The Labute approximate surface area is 115 Å². The number of likely N-dealkylation sites (tertiary alicyclic amines) is 1. The van der Waals surface area contributed by atoms with Crippen LogP contribution >= 0.6 is 0 Å². The number of carbonyl (C=O) groups is 1. The summed E-state index contributed by atoms with van der Waals surface area (Å²) in [4.78, 5) is 13.8. The van der Waals surface area contributed by atoms with Crippen LogP contribution in [0.4, 0.5) is 18.9 Å². The zero-order chi connectivity index (χ0) is 14.8. The lowest BCUT2D eigenvalue weighted by Gasteiger charge is -2.33. The number of anilines is 1. The first kappa shape index (κ1) is 14.7. The molecule has 1 aromatic carbocycles. The van der Waals surface area contributed by atoms with Crippen LogP contribution < -0.4 is 5.32 Å². The Morgan fingerprint density at radius 2 is 1.85 bits per heavy atom. The Balaban J connectivity index is 2.05. The molecule has 20 heavy (non-hydrogen) atoms. The number of halogens is 3. The molecule has 1 aliphatic rings. The van der Waals surface area contributed by atoms with Crippen molar-refractivity contribution in [2.24, 2.45) is 5.92 Å². The molecule has 1 heterocycles. The molecule has 1 saturated heterocycles. The van der Waals surface area contributed by atoms with Crippen LogP contribution in [0.15, 0.2) is 24.3 Å². The van der Waals surface area contributed by atoms with Crippen LogP contribution in [0.1, 0.15) is 23.2 Å². The molecule has 1 fully saturated rings. The molecule has 1 aromatic rings. The largest absolute Gasteiger partial charge is 0.391 e. The molecule has 3 nitrogen and oxygen atoms in total. The highest BCUT2D eigenvalue weighted by molar-refractivity contribution is 5.99. The van der Waals surface area contributed by atoms with Gasteiger partial charge in [-0.3, -0.25) is 4.79 Å². The predicted molar refractivity (Wildman–Crippen MR) is 70.7 cm³/mol. The smallest absolute Gasteiger partial charge is 0.387 e. The number of rotatable bonds is 2. The standard InChI is InChI=1S/C14H17F3N2O/c1-18-12-5-3-2-4-11(12)13(20)19-8-6-10(7-9-19)14(15,16)17/h2-5,10,18H,6-9H2,1H3. The molecule has 2 rings (SSSR count). The van der Waals surface area contributed by atoms with Gasteiger partial charge in [-0.25, -0.2) is 0 Å². The molecule has 0 saturated carbocycles. The summed E-state index contributed by atoms with van der Waals surface area (Å²) in [5.74, 6) is -1.50. The fourth-order valence-electron chi connectivity index (χ4n) is 2.47. The molecule has 0 spiro atoms. The Hall–Kier alpha value is -1.72. The average Bonchev–Trinajstić information content (AvgIpc) is 2.45. The van der Waals surface area contributed by atoms with E-state index in [1.807, 2.05) is 0 Å². The van der Waals surface area contributed by atoms with Crippen LogP contribution in [0.3, 0.4) is 0 Å². The van der Waals surface area contributed by atoms with Gasteiger partial charge in [-0.1, -0.05) is 12.1 Å². The van der Waals surface area contributed by atoms with E-state index in [1.165, 1.54) is 4.90 Å². The van der Waals surface area contributed by atoms with Crippen molar-refractivity contribution < 1.29 is 18.0 Å². The highest BCUT2D eigenvalue weighted by Crippen LogP contribution is 2.34. The van der Waals surface area contributed by atoms with E-state index in [4.69, 9.17) is 0 Å². The molecule has 0 aliphatic carbocycles. The molecule has 1 aliphatic heterocycles. The number of hydrogen-bond acceptors (Lipinski definition) is 2. The predicted octanol–water partition coefficient (Wildman–Crippen LogP) is 3.14. The lowest BCUT2D eigenvalue weighted by atomic mass is 9.95. The summed E-state index contributed by atoms with van der Waals surface area (Å²) in [6.45, 7) is 0.308. The first-order chi connectivity index (χ1) is 9.43. The van der Waals surface area contributed by atoms with E-state index < -0.39 is 12.1 Å². The highest BCUT2D eigenvalue weighted by Gasteiger charge is 2.41. The van der Waals surface area contributed by atoms with Gasteiger partial charge in [0, 0.05) is 25.8 Å². The minimum absolute atomic E-state index is 0.0169. The van der Waals surface area contributed by atoms with Gasteiger partial charge < -0.3 is 10.2 Å². The minimum Gasteiger partial charge on any atom is -0.387 e. The fourth-order valence-corrected chi connectivity index (χ4v) is 2.47. The van der Waals surface area contributed by atoms with Crippen LogP contribution in [0.2, 0.25) is 0 Å². The first-order valence-electron chi connectivity index (χ1n) is 6.56. The van der Waals surface area contributed by atoms with Crippen molar-refractivity contribution in [2.75, 3.05) is 25.5 Å². The van der Waals surface area contributed by atoms with E-state index in [-0.39, 0.29) is 31.8 Å². The van der Waals surface area contributed by atoms with E-state index in [0.29, 0.717) is 11.3 Å². The second-order valence-electron chi connectivity index (χ2n) is 4.90. The SMILES string of the molecule is CNc1ccccc1C(=O)N1CCC(C(F)(F)F)CC1. The van der Waals surface area contributed by atoms with Crippen molar-refractivity contribution in [1.82, 2.24) is 4.90 Å². The van der Waals surface area contributed by atoms with E-state index in [1.54, 1.807) is 31.3 Å². The molecule has 0 radical (unpaired) electrons. The molecule has 1 amide bonds. The molecule has 0 bridgehead atoms. The van der Waals surface area contributed by atoms with Crippen LogP contribution in [0, 0.1) is 5.92 Å². The summed E-state index contributed by atoms with van der Waals surface area (Å²) in [6, 6.07) is 7.01. The number of carbonyl (C=O) groups excluding carboxylic acids is 1. The highest BCUT2D eigenvalue weighted by atomic mass is 19.4. The Morgan fingerprint density at radius 1 is 1.25 bits per heavy atom.